The number of hydrogen-bond acceptors (Lipinski definition) is 4. The fourth-order valence-electron chi connectivity index (χ4n) is 2.17. The molecule has 1 heterocycles. The number of H-pyrrole nitrogens is 1. The molecule has 0 bridgehead atoms. The van der Waals surface area contributed by atoms with Gasteiger partial charge in [0.25, 0.3) is 0 Å². The Morgan fingerprint density at radius 3 is 2.88 bits per heavy atom. The van der Waals surface area contributed by atoms with Crippen LogP contribution in [0.4, 0.5) is 5.69 Å². The summed E-state index contributed by atoms with van der Waals surface area (Å²) < 4.78 is 10.7. The molecule has 2 unspecified atom stereocenters. The van der Waals surface area contributed by atoms with E-state index in [2.05, 4.69) is 4.98 Å². The molecule has 2 atom stereocenters. The number of carbonyl (C=O) groups is 1. The summed E-state index contributed by atoms with van der Waals surface area (Å²) in [5.41, 5.74) is 6.48. The van der Waals surface area contributed by atoms with Crippen molar-refractivity contribution in [2.75, 3.05) is 12.8 Å². The zero-order chi connectivity index (χ0) is 12.3. The molecule has 17 heavy (non-hydrogen) atoms. The molecule has 0 spiro atoms. The maximum absolute atomic E-state index is 11.8. The van der Waals surface area contributed by atoms with Crippen molar-refractivity contribution in [1.82, 2.24) is 4.98 Å². The standard InChI is InChI=1S/C12H18N2O3/c1-16-9-3-2-4-10(6-9)17-12(15)11-5-8(13)7-14-11/h5,7,9-10,14H,2-4,6,13H2,1H3. The van der Waals surface area contributed by atoms with Gasteiger partial charge in [-0.25, -0.2) is 4.79 Å². The number of carbonyl (C=O) groups excluding carboxylic acids is 1. The summed E-state index contributed by atoms with van der Waals surface area (Å²) in [6.45, 7) is 0. The lowest BCUT2D eigenvalue weighted by molar-refractivity contribution is -0.0152. The Hall–Kier alpha value is -1.49. The van der Waals surface area contributed by atoms with E-state index >= 15 is 0 Å². The van der Waals surface area contributed by atoms with Crippen molar-refractivity contribution < 1.29 is 14.3 Å². The molecule has 1 aliphatic rings. The summed E-state index contributed by atoms with van der Waals surface area (Å²) in [7, 11) is 1.69. The lowest BCUT2D eigenvalue weighted by Gasteiger charge is -2.27. The van der Waals surface area contributed by atoms with Gasteiger partial charge in [0.2, 0.25) is 0 Å². The van der Waals surface area contributed by atoms with Crippen LogP contribution in [-0.2, 0) is 9.47 Å². The quantitative estimate of drug-likeness (QED) is 0.786. The van der Waals surface area contributed by atoms with Crippen LogP contribution in [0, 0.1) is 0 Å². The number of hydrogen-bond donors (Lipinski definition) is 2. The number of nitrogens with two attached hydrogens (primary N) is 1. The minimum absolute atomic E-state index is 0.0503. The van der Waals surface area contributed by atoms with E-state index in [1.54, 1.807) is 19.4 Å². The van der Waals surface area contributed by atoms with E-state index < -0.39 is 0 Å². The molecule has 1 aromatic heterocycles. The molecule has 1 fully saturated rings. The number of esters is 1. The van der Waals surface area contributed by atoms with Gasteiger partial charge in [0, 0.05) is 19.7 Å². The van der Waals surface area contributed by atoms with E-state index in [1.165, 1.54) is 0 Å². The highest BCUT2D eigenvalue weighted by Crippen LogP contribution is 2.23. The summed E-state index contributed by atoms with van der Waals surface area (Å²) >= 11 is 0. The summed E-state index contributed by atoms with van der Waals surface area (Å²) in [4.78, 5) is 14.6. The SMILES string of the molecule is COC1CCCC(OC(=O)c2cc(N)c[nH]2)C1. The minimum atomic E-state index is -0.344. The third kappa shape index (κ3) is 3.00. The number of anilines is 1. The van der Waals surface area contributed by atoms with Gasteiger partial charge in [0.05, 0.1) is 11.8 Å². The number of methoxy groups -OCH3 is 1. The van der Waals surface area contributed by atoms with Gasteiger partial charge >= 0.3 is 5.97 Å². The molecule has 1 aromatic rings. The normalized spacial score (nSPS) is 24.5. The Bertz CT molecular complexity index is 389. The molecule has 5 heteroatoms. The highest BCUT2D eigenvalue weighted by Gasteiger charge is 2.25. The summed E-state index contributed by atoms with van der Waals surface area (Å²) in [6, 6.07) is 1.58. The smallest absolute Gasteiger partial charge is 0.355 e. The van der Waals surface area contributed by atoms with Crippen LogP contribution in [0.2, 0.25) is 0 Å². The number of aromatic nitrogens is 1. The Morgan fingerprint density at radius 2 is 2.24 bits per heavy atom. The number of aromatic amines is 1. The maximum atomic E-state index is 11.8. The van der Waals surface area contributed by atoms with Crippen molar-refractivity contribution in [1.29, 1.82) is 0 Å². The van der Waals surface area contributed by atoms with Crippen LogP contribution >= 0.6 is 0 Å². The van der Waals surface area contributed by atoms with Crippen molar-refractivity contribution in [3.63, 3.8) is 0 Å². The first-order valence-electron chi connectivity index (χ1n) is 5.86. The first-order chi connectivity index (χ1) is 8.19. The predicted octanol–water partition coefficient (Wildman–Crippen LogP) is 1.71. The van der Waals surface area contributed by atoms with E-state index in [1.807, 2.05) is 0 Å². The molecule has 1 saturated carbocycles. The summed E-state index contributed by atoms with van der Waals surface area (Å²) in [6.07, 6.45) is 5.49. The fraction of sp³-hybridized carbons (Fsp3) is 0.583. The second-order valence-electron chi connectivity index (χ2n) is 4.40. The fourth-order valence-corrected chi connectivity index (χ4v) is 2.17. The molecule has 94 valence electrons. The van der Waals surface area contributed by atoms with Crippen LogP contribution in [-0.4, -0.2) is 30.3 Å². The van der Waals surface area contributed by atoms with Crippen LogP contribution in [0.5, 0.6) is 0 Å². The zero-order valence-electron chi connectivity index (χ0n) is 9.94. The lowest BCUT2D eigenvalue weighted by Crippen LogP contribution is -2.29. The van der Waals surface area contributed by atoms with Crippen LogP contribution < -0.4 is 5.73 Å². The van der Waals surface area contributed by atoms with E-state index in [0.29, 0.717) is 11.4 Å². The van der Waals surface area contributed by atoms with Gasteiger partial charge in [0.15, 0.2) is 0 Å². The first-order valence-corrected chi connectivity index (χ1v) is 5.86. The van der Waals surface area contributed by atoms with Gasteiger partial charge in [0.1, 0.15) is 11.8 Å². The Morgan fingerprint density at radius 1 is 1.47 bits per heavy atom. The van der Waals surface area contributed by atoms with Crippen molar-refractivity contribution in [3.05, 3.63) is 18.0 Å². The minimum Gasteiger partial charge on any atom is -0.458 e. The molecular weight excluding hydrogens is 220 g/mol. The Balaban J connectivity index is 1.90. The third-order valence-corrected chi connectivity index (χ3v) is 3.11. The molecule has 0 aromatic carbocycles. The van der Waals surface area contributed by atoms with E-state index in [9.17, 15) is 4.79 Å². The second-order valence-corrected chi connectivity index (χ2v) is 4.40. The molecular formula is C12H18N2O3. The van der Waals surface area contributed by atoms with E-state index in [-0.39, 0.29) is 18.2 Å². The van der Waals surface area contributed by atoms with Crippen LogP contribution in [0.1, 0.15) is 36.2 Å². The van der Waals surface area contributed by atoms with Gasteiger partial charge in [-0.05, 0) is 25.3 Å². The number of nitrogen functional groups attached to an aromatic ring is 1. The average molecular weight is 238 g/mol. The molecule has 3 N–H and O–H groups in total. The van der Waals surface area contributed by atoms with Crippen molar-refractivity contribution in [2.45, 2.75) is 37.9 Å². The summed E-state index contributed by atoms with van der Waals surface area (Å²) in [5, 5.41) is 0. The van der Waals surface area contributed by atoms with Gasteiger partial charge in [-0.2, -0.15) is 0 Å². The Labute approximate surface area is 100 Å². The number of nitrogens with one attached hydrogen (secondary N) is 1. The largest absolute Gasteiger partial charge is 0.458 e. The number of ether oxygens (including phenoxy) is 2. The van der Waals surface area contributed by atoms with Crippen LogP contribution in [0.3, 0.4) is 0 Å². The van der Waals surface area contributed by atoms with Crippen LogP contribution in [0.25, 0.3) is 0 Å². The zero-order valence-corrected chi connectivity index (χ0v) is 9.94. The molecule has 2 rings (SSSR count). The molecule has 0 aliphatic heterocycles. The van der Waals surface area contributed by atoms with Crippen LogP contribution in [0.15, 0.2) is 12.3 Å². The topological polar surface area (TPSA) is 77.3 Å². The third-order valence-electron chi connectivity index (χ3n) is 3.11. The highest BCUT2D eigenvalue weighted by atomic mass is 16.5. The average Bonchev–Trinajstić information content (AvgIpc) is 2.76. The molecule has 0 amide bonds. The van der Waals surface area contributed by atoms with Gasteiger partial charge in [-0.3, -0.25) is 0 Å². The molecule has 0 radical (unpaired) electrons. The summed E-state index contributed by atoms with van der Waals surface area (Å²) in [5.74, 6) is -0.344. The van der Waals surface area contributed by atoms with Crippen molar-refractivity contribution in [3.8, 4) is 0 Å². The first kappa shape index (κ1) is 12.0. The number of rotatable bonds is 3. The monoisotopic (exact) mass is 238 g/mol. The molecule has 0 saturated heterocycles. The van der Waals surface area contributed by atoms with Gasteiger partial charge in [-0.15, -0.1) is 0 Å². The van der Waals surface area contributed by atoms with Crippen molar-refractivity contribution in [2.24, 2.45) is 0 Å². The second kappa shape index (κ2) is 5.23. The predicted molar refractivity (Wildman–Crippen MR) is 63.7 cm³/mol. The van der Waals surface area contributed by atoms with E-state index in [0.717, 1.165) is 25.7 Å². The molecule has 1 aliphatic carbocycles. The van der Waals surface area contributed by atoms with Gasteiger partial charge < -0.3 is 20.2 Å². The molecule has 5 nitrogen and oxygen atoms in total. The Kier molecular flexibility index (Phi) is 3.68. The van der Waals surface area contributed by atoms with E-state index in [4.69, 9.17) is 15.2 Å². The van der Waals surface area contributed by atoms with Gasteiger partial charge in [-0.1, -0.05) is 0 Å². The lowest BCUT2D eigenvalue weighted by atomic mass is 9.95. The maximum Gasteiger partial charge on any atom is 0.355 e. The highest BCUT2D eigenvalue weighted by molar-refractivity contribution is 5.88. The van der Waals surface area contributed by atoms with Crippen molar-refractivity contribution >= 4 is 11.7 Å².